The number of hydrogen-bond donors (Lipinski definition) is 1. The van der Waals surface area contributed by atoms with E-state index in [1.54, 1.807) is 0 Å². The van der Waals surface area contributed by atoms with Crippen molar-refractivity contribution in [1.82, 2.24) is 25.0 Å². The summed E-state index contributed by atoms with van der Waals surface area (Å²) >= 11 is 0. The second-order valence-corrected chi connectivity index (χ2v) is 8.65. The minimum absolute atomic E-state index is 0.00207. The molecule has 1 N–H and O–H groups in total. The number of amides is 1. The van der Waals surface area contributed by atoms with E-state index in [1.807, 2.05) is 0 Å². The molecule has 1 aromatic heterocycles. The number of carbonyl (C=O) groups excluding carboxylic acids is 1. The molecule has 3 heterocycles. The first-order chi connectivity index (χ1) is 14.6. The van der Waals surface area contributed by atoms with Crippen molar-refractivity contribution < 1.29 is 9.53 Å². The highest BCUT2D eigenvalue weighted by atomic mass is 16.5. The average molecular weight is 412 g/mol. The normalized spacial score (nSPS) is 19.6. The number of aromatic nitrogens is 3. The first kappa shape index (κ1) is 21.0. The fourth-order valence-electron chi connectivity index (χ4n) is 4.23. The number of nitrogens with one attached hydrogen (secondary N) is 1. The lowest BCUT2D eigenvalue weighted by molar-refractivity contribution is -0.130. The van der Waals surface area contributed by atoms with E-state index in [2.05, 4.69) is 63.1 Å². The molecule has 2 aliphatic heterocycles. The van der Waals surface area contributed by atoms with Gasteiger partial charge in [0.1, 0.15) is 17.8 Å². The molecular formula is C23H33N5O2. The van der Waals surface area contributed by atoms with E-state index in [4.69, 9.17) is 4.74 Å². The molecule has 0 saturated carbocycles. The lowest BCUT2D eigenvalue weighted by Crippen LogP contribution is -2.35. The first-order valence-electron chi connectivity index (χ1n) is 11.2. The van der Waals surface area contributed by atoms with Crippen molar-refractivity contribution in [1.29, 1.82) is 0 Å². The van der Waals surface area contributed by atoms with Gasteiger partial charge in [-0.3, -0.25) is 9.69 Å². The monoisotopic (exact) mass is 411 g/mol. The molecule has 7 nitrogen and oxygen atoms in total. The van der Waals surface area contributed by atoms with Gasteiger partial charge in [0.15, 0.2) is 0 Å². The van der Waals surface area contributed by atoms with Gasteiger partial charge in [0.2, 0.25) is 5.91 Å². The SMILES string of the molecule is CC(C)c1ccc(CN2CCc3nnc(CCNC(=O)C4CCCO4)n3CC2)cc1. The molecule has 1 unspecified atom stereocenters. The highest BCUT2D eigenvalue weighted by Gasteiger charge is 2.23. The van der Waals surface area contributed by atoms with E-state index in [0.29, 0.717) is 25.5 Å². The Balaban J connectivity index is 1.28. The maximum Gasteiger partial charge on any atom is 0.249 e. The van der Waals surface area contributed by atoms with Gasteiger partial charge in [0, 0.05) is 52.2 Å². The predicted molar refractivity (Wildman–Crippen MR) is 115 cm³/mol. The number of benzene rings is 1. The Bertz CT molecular complexity index is 840. The lowest BCUT2D eigenvalue weighted by atomic mass is 10.0. The van der Waals surface area contributed by atoms with Crippen molar-refractivity contribution in [3.8, 4) is 0 Å². The third kappa shape index (κ3) is 5.08. The molecular weight excluding hydrogens is 378 g/mol. The minimum Gasteiger partial charge on any atom is -0.368 e. The van der Waals surface area contributed by atoms with E-state index in [-0.39, 0.29) is 12.0 Å². The maximum absolute atomic E-state index is 12.1. The van der Waals surface area contributed by atoms with Crippen molar-refractivity contribution in [2.24, 2.45) is 0 Å². The fraction of sp³-hybridized carbons (Fsp3) is 0.609. The first-order valence-corrected chi connectivity index (χ1v) is 11.2. The number of hydrogen-bond acceptors (Lipinski definition) is 5. The van der Waals surface area contributed by atoms with Crippen molar-refractivity contribution in [2.75, 3.05) is 26.2 Å². The zero-order valence-corrected chi connectivity index (χ0v) is 18.1. The minimum atomic E-state index is -0.274. The van der Waals surface area contributed by atoms with Crippen LogP contribution in [0.15, 0.2) is 24.3 Å². The molecule has 1 atom stereocenters. The molecule has 0 aliphatic carbocycles. The van der Waals surface area contributed by atoms with Crippen LogP contribution in [0.1, 0.15) is 55.4 Å². The average Bonchev–Trinajstić information content (AvgIpc) is 3.37. The summed E-state index contributed by atoms with van der Waals surface area (Å²) in [7, 11) is 0. The Morgan fingerprint density at radius 2 is 2.03 bits per heavy atom. The smallest absolute Gasteiger partial charge is 0.249 e. The number of nitrogens with zero attached hydrogens (tertiary/aromatic N) is 4. The zero-order valence-electron chi connectivity index (χ0n) is 18.1. The zero-order chi connectivity index (χ0) is 20.9. The molecule has 30 heavy (non-hydrogen) atoms. The Morgan fingerprint density at radius 1 is 1.20 bits per heavy atom. The second kappa shape index (κ2) is 9.71. The van der Waals surface area contributed by atoms with E-state index in [9.17, 15) is 4.79 Å². The van der Waals surface area contributed by atoms with Crippen LogP contribution in [0.25, 0.3) is 0 Å². The maximum atomic E-state index is 12.1. The van der Waals surface area contributed by atoms with Crippen LogP contribution in [0.2, 0.25) is 0 Å². The number of carbonyl (C=O) groups is 1. The van der Waals surface area contributed by atoms with Crippen molar-refractivity contribution >= 4 is 5.91 Å². The molecule has 162 valence electrons. The molecule has 7 heteroatoms. The Labute approximate surface area is 178 Å². The van der Waals surface area contributed by atoms with Gasteiger partial charge in [-0.1, -0.05) is 38.1 Å². The highest BCUT2D eigenvalue weighted by molar-refractivity contribution is 5.80. The molecule has 2 aliphatic rings. The van der Waals surface area contributed by atoms with Gasteiger partial charge in [-0.2, -0.15) is 0 Å². The summed E-state index contributed by atoms with van der Waals surface area (Å²) in [6, 6.07) is 9.00. The highest BCUT2D eigenvalue weighted by Crippen LogP contribution is 2.17. The van der Waals surface area contributed by atoms with Crippen LogP contribution in [0, 0.1) is 0 Å². The van der Waals surface area contributed by atoms with E-state index in [0.717, 1.165) is 57.1 Å². The summed E-state index contributed by atoms with van der Waals surface area (Å²) in [5.74, 6) is 2.57. The van der Waals surface area contributed by atoms with Crippen LogP contribution in [-0.4, -0.2) is 57.9 Å². The Kier molecular flexibility index (Phi) is 6.79. The molecule has 2 aromatic rings. The van der Waals surface area contributed by atoms with Crippen LogP contribution in [0.4, 0.5) is 0 Å². The van der Waals surface area contributed by atoms with Gasteiger partial charge in [0.25, 0.3) is 0 Å². The standard InChI is InChI=1S/C23H33N5O2/c1-17(2)19-7-5-18(6-8-19)16-27-12-10-22-26-25-21(28(22)14-13-27)9-11-24-23(29)20-4-3-15-30-20/h5-8,17,20H,3-4,9-16H2,1-2H3,(H,24,29). The van der Waals surface area contributed by atoms with Crippen LogP contribution < -0.4 is 5.32 Å². The summed E-state index contributed by atoms with van der Waals surface area (Å²) in [6.07, 6.45) is 3.11. The van der Waals surface area contributed by atoms with Crippen LogP contribution in [0.5, 0.6) is 0 Å². The summed E-state index contributed by atoms with van der Waals surface area (Å²) in [5, 5.41) is 11.8. The number of ether oxygens (including phenoxy) is 1. The third-order valence-corrected chi connectivity index (χ3v) is 6.12. The molecule has 0 bridgehead atoms. The lowest BCUT2D eigenvalue weighted by Gasteiger charge is -2.20. The fourth-order valence-corrected chi connectivity index (χ4v) is 4.23. The summed E-state index contributed by atoms with van der Waals surface area (Å²) < 4.78 is 7.67. The predicted octanol–water partition coefficient (Wildman–Crippen LogP) is 2.30. The summed E-state index contributed by atoms with van der Waals surface area (Å²) in [6.45, 7) is 9.53. The van der Waals surface area contributed by atoms with E-state index >= 15 is 0 Å². The number of rotatable bonds is 7. The molecule has 1 fully saturated rings. The van der Waals surface area contributed by atoms with E-state index in [1.165, 1.54) is 11.1 Å². The second-order valence-electron chi connectivity index (χ2n) is 8.65. The molecule has 0 spiro atoms. The van der Waals surface area contributed by atoms with Crippen LogP contribution >= 0.6 is 0 Å². The Morgan fingerprint density at radius 3 is 2.77 bits per heavy atom. The summed E-state index contributed by atoms with van der Waals surface area (Å²) in [5.41, 5.74) is 2.74. The topological polar surface area (TPSA) is 72.3 Å². The molecule has 0 radical (unpaired) electrons. The van der Waals surface area contributed by atoms with Crippen LogP contribution in [0.3, 0.4) is 0 Å². The van der Waals surface area contributed by atoms with Gasteiger partial charge in [-0.05, 0) is 29.9 Å². The van der Waals surface area contributed by atoms with Gasteiger partial charge in [-0.15, -0.1) is 10.2 Å². The van der Waals surface area contributed by atoms with Crippen molar-refractivity contribution in [2.45, 2.75) is 64.6 Å². The van der Waals surface area contributed by atoms with E-state index < -0.39 is 0 Å². The largest absolute Gasteiger partial charge is 0.368 e. The number of fused-ring (bicyclic) bond motifs is 1. The third-order valence-electron chi connectivity index (χ3n) is 6.12. The van der Waals surface area contributed by atoms with Crippen LogP contribution in [-0.2, 0) is 35.5 Å². The van der Waals surface area contributed by atoms with Gasteiger partial charge in [-0.25, -0.2) is 0 Å². The van der Waals surface area contributed by atoms with Gasteiger partial charge < -0.3 is 14.6 Å². The van der Waals surface area contributed by atoms with Crippen molar-refractivity contribution in [3.63, 3.8) is 0 Å². The quantitative estimate of drug-likeness (QED) is 0.757. The molecule has 1 saturated heterocycles. The van der Waals surface area contributed by atoms with Gasteiger partial charge >= 0.3 is 0 Å². The Hall–Kier alpha value is -2.25. The van der Waals surface area contributed by atoms with Crippen molar-refractivity contribution in [3.05, 3.63) is 47.0 Å². The molecule has 1 aromatic carbocycles. The summed E-state index contributed by atoms with van der Waals surface area (Å²) in [4.78, 5) is 14.6. The van der Waals surface area contributed by atoms with Gasteiger partial charge in [0.05, 0.1) is 0 Å². The molecule has 4 rings (SSSR count). The molecule has 1 amide bonds.